The number of likely N-dealkylation sites (tertiary alicyclic amines) is 1. The van der Waals surface area contributed by atoms with Crippen molar-refractivity contribution in [1.29, 1.82) is 0 Å². The van der Waals surface area contributed by atoms with Gasteiger partial charge in [-0.25, -0.2) is 15.0 Å². The maximum absolute atomic E-state index is 12.9. The van der Waals surface area contributed by atoms with Crippen molar-refractivity contribution in [1.82, 2.24) is 19.9 Å². The van der Waals surface area contributed by atoms with E-state index in [4.69, 9.17) is 0 Å². The molecule has 1 saturated carbocycles. The Morgan fingerprint density at radius 1 is 1.12 bits per heavy atom. The van der Waals surface area contributed by atoms with E-state index < -0.39 is 0 Å². The molecule has 26 heavy (non-hydrogen) atoms. The van der Waals surface area contributed by atoms with Gasteiger partial charge in [0.05, 0.1) is 5.56 Å². The molecule has 136 valence electrons. The third kappa shape index (κ3) is 3.54. The number of hydrogen-bond donors (Lipinski definition) is 0. The topological polar surface area (TPSA) is 62.2 Å². The molecule has 6 nitrogen and oxygen atoms in total. The minimum Gasteiger partial charge on any atom is -0.363 e. The second kappa shape index (κ2) is 7.02. The van der Waals surface area contributed by atoms with Gasteiger partial charge in [-0.15, -0.1) is 0 Å². The highest BCUT2D eigenvalue weighted by molar-refractivity contribution is 5.93. The quantitative estimate of drug-likeness (QED) is 0.848. The second-order valence-electron chi connectivity index (χ2n) is 7.54. The number of rotatable bonds is 4. The molecule has 4 rings (SSSR count). The molecule has 3 heterocycles. The van der Waals surface area contributed by atoms with Crippen molar-refractivity contribution < 1.29 is 4.79 Å². The third-order valence-electron chi connectivity index (χ3n) is 5.27. The average molecular weight is 351 g/mol. The van der Waals surface area contributed by atoms with E-state index in [-0.39, 0.29) is 5.91 Å². The molecule has 1 aliphatic carbocycles. The molecule has 0 radical (unpaired) electrons. The number of carbonyl (C=O) groups is 1. The van der Waals surface area contributed by atoms with Crippen LogP contribution in [0.3, 0.4) is 0 Å². The van der Waals surface area contributed by atoms with Gasteiger partial charge >= 0.3 is 0 Å². The molecule has 1 amide bonds. The molecule has 0 aromatic carbocycles. The molecule has 1 saturated heterocycles. The molecule has 2 aliphatic rings. The molecule has 2 aromatic heterocycles. The zero-order chi connectivity index (χ0) is 18.1. The van der Waals surface area contributed by atoms with E-state index in [9.17, 15) is 4.79 Å². The van der Waals surface area contributed by atoms with Gasteiger partial charge < -0.3 is 9.80 Å². The van der Waals surface area contributed by atoms with Gasteiger partial charge in [-0.2, -0.15) is 0 Å². The van der Waals surface area contributed by atoms with Crippen LogP contribution in [0.2, 0.25) is 0 Å². The van der Waals surface area contributed by atoms with Gasteiger partial charge in [-0.05, 0) is 43.4 Å². The van der Waals surface area contributed by atoms with Crippen LogP contribution < -0.4 is 4.90 Å². The Labute approximate surface area is 154 Å². The van der Waals surface area contributed by atoms with E-state index in [1.54, 1.807) is 12.4 Å². The van der Waals surface area contributed by atoms with Gasteiger partial charge in [0.15, 0.2) is 0 Å². The Morgan fingerprint density at radius 2 is 1.88 bits per heavy atom. The molecule has 0 N–H and O–H groups in total. The van der Waals surface area contributed by atoms with E-state index in [0.717, 1.165) is 37.6 Å². The average Bonchev–Trinajstić information content (AvgIpc) is 3.53. The second-order valence-corrected chi connectivity index (χ2v) is 7.54. The summed E-state index contributed by atoms with van der Waals surface area (Å²) in [6.45, 7) is 1.53. The lowest BCUT2D eigenvalue weighted by molar-refractivity contribution is 0.0706. The SMILES string of the molecule is CN(C)c1cc([C@@H]2CCCN(C(=O)c3cnc(C4CC4)nc3)C2)ccn1. The lowest BCUT2D eigenvalue weighted by Gasteiger charge is -2.33. The fourth-order valence-electron chi connectivity index (χ4n) is 3.55. The van der Waals surface area contributed by atoms with Gasteiger partial charge in [-0.3, -0.25) is 4.79 Å². The predicted molar refractivity (Wildman–Crippen MR) is 100 cm³/mol. The zero-order valence-corrected chi connectivity index (χ0v) is 15.4. The fraction of sp³-hybridized carbons (Fsp3) is 0.500. The van der Waals surface area contributed by atoms with Crippen LogP contribution in [0.1, 0.15) is 59.3 Å². The first kappa shape index (κ1) is 16.9. The molecule has 0 bridgehead atoms. The number of pyridine rings is 1. The van der Waals surface area contributed by atoms with E-state index in [1.807, 2.05) is 30.1 Å². The van der Waals surface area contributed by atoms with Gasteiger partial charge in [0.2, 0.25) is 0 Å². The summed E-state index contributed by atoms with van der Waals surface area (Å²) in [5.74, 6) is 2.73. The highest BCUT2D eigenvalue weighted by Gasteiger charge is 2.28. The lowest BCUT2D eigenvalue weighted by atomic mass is 9.91. The summed E-state index contributed by atoms with van der Waals surface area (Å²) in [4.78, 5) is 30.0. The number of amides is 1. The van der Waals surface area contributed by atoms with Crippen molar-refractivity contribution in [2.24, 2.45) is 0 Å². The van der Waals surface area contributed by atoms with Gasteiger partial charge in [0, 0.05) is 57.6 Å². The summed E-state index contributed by atoms with van der Waals surface area (Å²) in [6, 6.07) is 4.20. The standard InChI is InChI=1S/C20H25N5O/c1-24(2)18-10-15(7-8-21-18)16-4-3-9-25(13-16)20(26)17-11-22-19(23-12-17)14-5-6-14/h7-8,10-12,14,16H,3-6,9,13H2,1-2H3/t16-/m1/s1. The van der Waals surface area contributed by atoms with Crippen molar-refractivity contribution in [2.45, 2.75) is 37.5 Å². The first-order valence-corrected chi connectivity index (χ1v) is 9.36. The number of piperidine rings is 1. The Hall–Kier alpha value is -2.50. The molecule has 0 unspecified atom stereocenters. The normalized spacial score (nSPS) is 20.1. The maximum Gasteiger partial charge on any atom is 0.257 e. The van der Waals surface area contributed by atoms with Crippen LogP contribution in [0.4, 0.5) is 5.82 Å². The highest BCUT2D eigenvalue weighted by atomic mass is 16.2. The van der Waals surface area contributed by atoms with Crippen LogP contribution in [0, 0.1) is 0 Å². The zero-order valence-electron chi connectivity index (χ0n) is 15.4. The van der Waals surface area contributed by atoms with E-state index in [2.05, 4.69) is 27.1 Å². The van der Waals surface area contributed by atoms with Crippen LogP contribution in [0.5, 0.6) is 0 Å². The first-order valence-electron chi connectivity index (χ1n) is 9.36. The maximum atomic E-state index is 12.9. The van der Waals surface area contributed by atoms with Crippen LogP contribution >= 0.6 is 0 Å². The monoisotopic (exact) mass is 351 g/mol. The largest absolute Gasteiger partial charge is 0.363 e. The number of carbonyl (C=O) groups excluding carboxylic acids is 1. The number of hydrogen-bond acceptors (Lipinski definition) is 5. The first-order chi connectivity index (χ1) is 12.6. The predicted octanol–water partition coefficient (Wildman–Crippen LogP) is 2.83. The number of anilines is 1. The van der Waals surface area contributed by atoms with Crippen molar-refractivity contribution in [3.05, 3.63) is 47.7 Å². The lowest BCUT2D eigenvalue weighted by Crippen LogP contribution is -2.39. The molecule has 2 fully saturated rings. The van der Waals surface area contributed by atoms with Crippen LogP contribution in [-0.4, -0.2) is 52.9 Å². The molecule has 1 aliphatic heterocycles. The van der Waals surface area contributed by atoms with Crippen molar-refractivity contribution in [3.63, 3.8) is 0 Å². The summed E-state index contributed by atoms with van der Waals surface area (Å²) in [6.07, 6.45) is 9.70. The van der Waals surface area contributed by atoms with Crippen LogP contribution in [-0.2, 0) is 0 Å². The fourth-order valence-corrected chi connectivity index (χ4v) is 3.55. The summed E-state index contributed by atoms with van der Waals surface area (Å²) in [5, 5.41) is 0. The molecule has 6 heteroatoms. The molecular formula is C20H25N5O. The summed E-state index contributed by atoms with van der Waals surface area (Å²) in [7, 11) is 3.99. The Morgan fingerprint density at radius 3 is 2.58 bits per heavy atom. The Bertz CT molecular complexity index is 785. The smallest absolute Gasteiger partial charge is 0.257 e. The summed E-state index contributed by atoms with van der Waals surface area (Å²) >= 11 is 0. The molecular weight excluding hydrogens is 326 g/mol. The highest BCUT2D eigenvalue weighted by Crippen LogP contribution is 2.37. The summed E-state index contributed by atoms with van der Waals surface area (Å²) in [5.41, 5.74) is 1.85. The Balaban J connectivity index is 1.47. The van der Waals surface area contributed by atoms with E-state index >= 15 is 0 Å². The van der Waals surface area contributed by atoms with E-state index in [0.29, 0.717) is 17.4 Å². The summed E-state index contributed by atoms with van der Waals surface area (Å²) < 4.78 is 0. The minimum atomic E-state index is 0.0407. The van der Waals surface area contributed by atoms with E-state index in [1.165, 1.54) is 18.4 Å². The van der Waals surface area contributed by atoms with Gasteiger partial charge in [0.25, 0.3) is 5.91 Å². The van der Waals surface area contributed by atoms with Crippen molar-refractivity contribution in [3.8, 4) is 0 Å². The van der Waals surface area contributed by atoms with Gasteiger partial charge in [0.1, 0.15) is 11.6 Å². The number of nitrogens with zero attached hydrogens (tertiary/aromatic N) is 5. The van der Waals surface area contributed by atoms with Crippen molar-refractivity contribution >= 4 is 11.7 Å². The molecule has 0 spiro atoms. The third-order valence-corrected chi connectivity index (χ3v) is 5.27. The van der Waals surface area contributed by atoms with Crippen LogP contribution in [0.15, 0.2) is 30.7 Å². The molecule has 2 aromatic rings. The number of aromatic nitrogens is 3. The van der Waals surface area contributed by atoms with Gasteiger partial charge in [-0.1, -0.05) is 0 Å². The Kier molecular flexibility index (Phi) is 4.57. The minimum absolute atomic E-state index is 0.0407. The van der Waals surface area contributed by atoms with Crippen LogP contribution in [0.25, 0.3) is 0 Å². The molecule has 1 atom stereocenters. The van der Waals surface area contributed by atoms with Crippen molar-refractivity contribution in [2.75, 3.05) is 32.1 Å².